The molecule has 0 aromatic heterocycles. The van der Waals surface area contributed by atoms with Crippen LogP contribution in [0.3, 0.4) is 0 Å². The Kier molecular flexibility index (Phi) is 2.55. The molecule has 0 radical (unpaired) electrons. The van der Waals surface area contributed by atoms with Crippen LogP contribution in [0.1, 0.15) is 57.8 Å². The number of carbonyl (C=O) groups is 1. The normalized spacial score (nSPS) is 38.5. The van der Waals surface area contributed by atoms with Gasteiger partial charge < -0.3 is 0 Å². The first-order valence-corrected chi connectivity index (χ1v) is 6.64. The number of hydrogen-bond donors (Lipinski definition) is 0. The van der Waals surface area contributed by atoms with Gasteiger partial charge in [-0.25, -0.2) is 0 Å². The van der Waals surface area contributed by atoms with Crippen molar-refractivity contribution in [3.05, 3.63) is 0 Å². The van der Waals surface area contributed by atoms with Gasteiger partial charge in [0.05, 0.1) is 0 Å². The number of fused-ring (bicyclic) bond motifs is 2. The van der Waals surface area contributed by atoms with Crippen LogP contribution in [-0.4, -0.2) is 28.8 Å². The molecular formula is C13H21NO. The van der Waals surface area contributed by atoms with Crippen LogP contribution in [0.5, 0.6) is 0 Å². The number of carbonyl (C=O) groups excluding carboxylic acids is 1. The third-order valence-electron chi connectivity index (χ3n) is 4.60. The molecular weight excluding hydrogens is 186 g/mol. The number of piperidine rings is 1. The van der Waals surface area contributed by atoms with E-state index in [0.29, 0.717) is 17.9 Å². The van der Waals surface area contributed by atoms with Crippen molar-refractivity contribution in [3.8, 4) is 0 Å². The Morgan fingerprint density at radius 1 is 0.800 bits per heavy atom. The van der Waals surface area contributed by atoms with Crippen LogP contribution in [0.25, 0.3) is 0 Å². The number of ketones is 1. The van der Waals surface area contributed by atoms with E-state index in [2.05, 4.69) is 4.90 Å². The van der Waals surface area contributed by atoms with Crippen molar-refractivity contribution in [2.75, 3.05) is 0 Å². The van der Waals surface area contributed by atoms with Gasteiger partial charge in [0.25, 0.3) is 0 Å². The Morgan fingerprint density at radius 2 is 1.40 bits per heavy atom. The zero-order valence-corrected chi connectivity index (χ0v) is 9.45. The highest BCUT2D eigenvalue weighted by atomic mass is 16.1. The molecule has 2 nitrogen and oxygen atoms in total. The number of hydrogen-bond acceptors (Lipinski definition) is 2. The molecule has 15 heavy (non-hydrogen) atoms. The Hall–Kier alpha value is -0.370. The highest BCUT2D eigenvalue weighted by Gasteiger charge is 2.43. The van der Waals surface area contributed by atoms with Crippen molar-refractivity contribution in [1.29, 1.82) is 0 Å². The second-order valence-corrected chi connectivity index (χ2v) is 5.57. The molecule has 84 valence electrons. The van der Waals surface area contributed by atoms with Crippen molar-refractivity contribution in [2.24, 2.45) is 0 Å². The molecule has 0 spiro atoms. The highest BCUT2D eigenvalue weighted by Crippen LogP contribution is 2.39. The summed E-state index contributed by atoms with van der Waals surface area (Å²) in [5.74, 6) is 0.523. The summed E-state index contributed by atoms with van der Waals surface area (Å²) in [7, 11) is 0. The zero-order valence-electron chi connectivity index (χ0n) is 9.45. The molecule has 2 aliphatic heterocycles. The minimum Gasteiger partial charge on any atom is -0.300 e. The standard InChI is InChI=1S/C13H21NO/c15-13-8-11-6-7-12(9-13)14(11)10-4-2-1-3-5-10/h10-12H,1-9H2/t11-,12+. The molecule has 0 N–H and O–H groups in total. The van der Waals surface area contributed by atoms with Crippen molar-refractivity contribution in [1.82, 2.24) is 4.90 Å². The molecule has 2 saturated heterocycles. The van der Waals surface area contributed by atoms with Crippen molar-refractivity contribution in [3.63, 3.8) is 0 Å². The lowest BCUT2D eigenvalue weighted by atomic mass is 9.90. The SMILES string of the molecule is O=C1C[C@H]2CC[C@@H](C1)N2C1CCCCC1. The lowest BCUT2D eigenvalue weighted by molar-refractivity contribution is -0.124. The highest BCUT2D eigenvalue weighted by molar-refractivity contribution is 5.81. The quantitative estimate of drug-likeness (QED) is 0.658. The third-order valence-corrected chi connectivity index (χ3v) is 4.60. The molecule has 1 aliphatic carbocycles. The van der Waals surface area contributed by atoms with Crippen LogP contribution in [0, 0.1) is 0 Å². The van der Waals surface area contributed by atoms with Gasteiger partial charge in [0.15, 0.2) is 0 Å². The summed E-state index contributed by atoms with van der Waals surface area (Å²) in [6, 6.07) is 2.07. The van der Waals surface area contributed by atoms with Crippen LogP contribution in [0.15, 0.2) is 0 Å². The minimum atomic E-state index is 0.523. The predicted octanol–water partition coefficient (Wildman–Crippen LogP) is 2.52. The van der Waals surface area contributed by atoms with Gasteiger partial charge in [-0.05, 0) is 25.7 Å². The third kappa shape index (κ3) is 1.73. The van der Waals surface area contributed by atoms with Crippen LogP contribution < -0.4 is 0 Å². The van der Waals surface area contributed by atoms with Gasteiger partial charge in [-0.15, -0.1) is 0 Å². The molecule has 2 atom stereocenters. The number of rotatable bonds is 1. The summed E-state index contributed by atoms with van der Waals surface area (Å²) < 4.78 is 0. The molecule has 3 rings (SSSR count). The second-order valence-electron chi connectivity index (χ2n) is 5.57. The maximum atomic E-state index is 11.5. The van der Waals surface area contributed by atoms with E-state index in [0.717, 1.165) is 18.9 Å². The lowest BCUT2D eigenvalue weighted by Crippen LogP contribution is -2.49. The van der Waals surface area contributed by atoms with Gasteiger partial charge in [0.1, 0.15) is 5.78 Å². The van der Waals surface area contributed by atoms with E-state index in [-0.39, 0.29) is 0 Å². The molecule has 3 fully saturated rings. The Labute approximate surface area is 92.0 Å². The van der Waals surface area contributed by atoms with E-state index in [1.54, 1.807) is 0 Å². The van der Waals surface area contributed by atoms with Gasteiger partial charge in [0, 0.05) is 31.0 Å². The van der Waals surface area contributed by atoms with Crippen LogP contribution in [0.2, 0.25) is 0 Å². The molecule has 2 heteroatoms. The molecule has 0 unspecified atom stereocenters. The minimum absolute atomic E-state index is 0.523. The summed E-state index contributed by atoms with van der Waals surface area (Å²) in [5, 5.41) is 0. The first-order valence-electron chi connectivity index (χ1n) is 6.64. The molecule has 2 bridgehead atoms. The maximum Gasteiger partial charge on any atom is 0.136 e. The van der Waals surface area contributed by atoms with Crippen molar-refractivity contribution in [2.45, 2.75) is 75.9 Å². The number of Topliss-reactive ketones (excluding diaryl/α,β-unsaturated/α-hetero) is 1. The molecule has 0 aromatic rings. The van der Waals surface area contributed by atoms with E-state index in [1.807, 2.05) is 0 Å². The Bertz CT molecular complexity index is 241. The number of nitrogens with zero attached hydrogens (tertiary/aromatic N) is 1. The first-order chi connectivity index (χ1) is 7.34. The van der Waals surface area contributed by atoms with E-state index >= 15 is 0 Å². The fourth-order valence-corrected chi connectivity index (χ4v) is 3.98. The van der Waals surface area contributed by atoms with Crippen LogP contribution in [-0.2, 0) is 4.79 Å². The maximum absolute atomic E-state index is 11.5. The first kappa shape index (κ1) is 9.83. The van der Waals surface area contributed by atoms with Crippen LogP contribution >= 0.6 is 0 Å². The van der Waals surface area contributed by atoms with Gasteiger partial charge in [-0.2, -0.15) is 0 Å². The van der Waals surface area contributed by atoms with E-state index in [4.69, 9.17) is 0 Å². The van der Waals surface area contributed by atoms with E-state index in [1.165, 1.54) is 44.9 Å². The van der Waals surface area contributed by atoms with Crippen molar-refractivity contribution < 1.29 is 4.79 Å². The summed E-state index contributed by atoms with van der Waals surface area (Å²) in [4.78, 5) is 14.3. The lowest BCUT2D eigenvalue weighted by Gasteiger charge is -2.41. The summed E-state index contributed by atoms with van der Waals surface area (Å²) >= 11 is 0. The molecule has 0 amide bonds. The summed E-state index contributed by atoms with van der Waals surface area (Å²) in [6.45, 7) is 0. The van der Waals surface area contributed by atoms with Crippen molar-refractivity contribution >= 4 is 5.78 Å². The predicted molar refractivity (Wildman–Crippen MR) is 59.8 cm³/mol. The fourth-order valence-electron chi connectivity index (χ4n) is 3.98. The van der Waals surface area contributed by atoms with Gasteiger partial charge in [0.2, 0.25) is 0 Å². The molecule has 0 aromatic carbocycles. The van der Waals surface area contributed by atoms with Gasteiger partial charge >= 0.3 is 0 Å². The van der Waals surface area contributed by atoms with E-state index < -0.39 is 0 Å². The summed E-state index contributed by atoms with van der Waals surface area (Å²) in [5.41, 5.74) is 0. The molecule has 1 saturated carbocycles. The Balaban J connectivity index is 1.73. The smallest absolute Gasteiger partial charge is 0.136 e. The molecule has 2 heterocycles. The fraction of sp³-hybridized carbons (Fsp3) is 0.923. The van der Waals surface area contributed by atoms with Crippen LogP contribution in [0.4, 0.5) is 0 Å². The average molecular weight is 207 g/mol. The average Bonchev–Trinajstić information content (AvgIpc) is 2.53. The largest absolute Gasteiger partial charge is 0.300 e. The van der Waals surface area contributed by atoms with E-state index in [9.17, 15) is 4.79 Å². The molecule has 3 aliphatic rings. The second kappa shape index (κ2) is 3.89. The van der Waals surface area contributed by atoms with Gasteiger partial charge in [-0.3, -0.25) is 9.69 Å². The monoisotopic (exact) mass is 207 g/mol. The van der Waals surface area contributed by atoms with Gasteiger partial charge in [-0.1, -0.05) is 19.3 Å². The zero-order chi connectivity index (χ0) is 10.3. The Morgan fingerprint density at radius 3 is 2.00 bits per heavy atom. The summed E-state index contributed by atoms with van der Waals surface area (Å²) in [6.07, 6.45) is 11.3. The topological polar surface area (TPSA) is 20.3 Å².